The molecule has 8 heteroatoms. The first-order valence-electron chi connectivity index (χ1n) is 5.42. The second-order valence-electron chi connectivity index (χ2n) is 3.60. The highest BCUT2D eigenvalue weighted by atomic mass is 35.5. The van der Waals surface area contributed by atoms with E-state index in [1.165, 1.54) is 18.3 Å². The van der Waals surface area contributed by atoms with Crippen LogP contribution in [0.5, 0.6) is 0 Å². The highest BCUT2D eigenvalue weighted by molar-refractivity contribution is 7.99. The molecule has 0 radical (unpaired) electrons. The summed E-state index contributed by atoms with van der Waals surface area (Å²) in [6.45, 7) is 0. The minimum absolute atomic E-state index is 0.0673. The maximum Gasteiger partial charge on any atom is 0.371 e. The van der Waals surface area contributed by atoms with Crippen molar-refractivity contribution in [3.8, 4) is 0 Å². The molecular weight excluding hydrogens is 304 g/mol. The van der Waals surface area contributed by atoms with Gasteiger partial charge in [0.15, 0.2) is 10.2 Å². The van der Waals surface area contributed by atoms with E-state index in [0.29, 0.717) is 10.8 Å². The number of rotatable bonds is 5. The van der Waals surface area contributed by atoms with Crippen molar-refractivity contribution in [2.24, 2.45) is 0 Å². The van der Waals surface area contributed by atoms with E-state index in [0.717, 1.165) is 11.8 Å². The number of furan rings is 1. The number of carbonyl (C=O) groups excluding carboxylic acids is 1. The molecule has 20 heavy (non-hydrogen) atoms. The Balaban J connectivity index is 1.89. The Labute approximate surface area is 123 Å². The van der Waals surface area contributed by atoms with Crippen molar-refractivity contribution in [3.05, 3.63) is 41.4 Å². The molecule has 0 aliphatic rings. The fourth-order valence-corrected chi connectivity index (χ4v) is 2.14. The second kappa shape index (κ2) is 6.44. The van der Waals surface area contributed by atoms with Gasteiger partial charge in [0.05, 0.1) is 11.4 Å². The first kappa shape index (κ1) is 14.4. The molecule has 6 nitrogen and oxygen atoms in total. The SMILES string of the molecule is O=C(CSc1ccc(C(=O)O)o1)Nc1cccnc1Cl. The van der Waals surface area contributed by atoms with Gasteiger partial charge in [0.2, 0.25) is 11.7 Å². The number of aromatic carboxylic acids is 1. The number of amides is 1. The van der Waals surface area contributed by atoms with Crippen molar-refractivity contribution >= 4 is 40.9 Å². The first-order chi connectivity index (χ1) is 9.56. The van der Waals surface area contributed by atoms with Crippen molar-refractivity contribution in [2.45, 2.75) is 5.09 Å². The minimum atomic E-state index is -1.15. The summed E-state index contributed by atoms with van der Waals surface area (Å²) in [5.74, 6) is -1.54. The zero-order valence-electron chi connectivity index (χ0n) is 10.00. The maximum absolute atomic E-state index is 11.7. The second-order valence-corrected chi connectivity index (χ2v) is 4.94. The lowest BCUT2D eigenvalue weighted by Gasteiger charge is -2.05. The van der Waals surface area contributed by atoms with E-state index in [9.17, 15) is 9.59 Å². The van der Waals surface area contributed by atoms with Crippen LogP contribution >= 0.6 is 23.4 Å². The van der Waals surface area contributed by atoms with Crippen LogP contribution in [0.3, 0.4) is 0 Å². The average Bonchev–Trinajstić information content (AvgIpc) is 2.88. The number of carboxylic acid groups (broad SMARTS) is 1. The standard InChI is InChI=1S/C12H9ClN2O4S/c13-11-7(2-1-5-14-11)15-9(16)6-20-10-4-3-8(19-10)12(17)18/h1-5H,6H2,(H,15,16)(H,17,18). The van der Waals surface area contributed by atoms with Gasteiger partial charge in [0.1, 0.15) is 0 Å². The molecule has 0 unspecified atom stereocenters. The van der Waals surface area contributed by atoms with Crippen LogP contribution in [0.2, 0.25) is 5.15 Å². The normalized spacial score (nSPS) is 10.2. The maximum atomic E-state index is 11.7. The van der Waals surface area contributed by atoms with E-state index in [1.54, 1.807) is 12.1 Å². The third kappa shape index (κ3) is 3.75. The Morgan fingerprint density at radius 3 is 2.85 bits per heavy atom. The summed E-state index contributed by atoms with van der Waals surface area (Å²) in [5.41, 5.74) is 0.422. The third-order valence-electron chi connectivity index (χ3n) is 2.17. The number of hydrogen-bond donors (Lipinski definition) is 2. The van der Waals surface area contributed by atoms with Crippen LogP contribution in [-0.2, 0) is 4.79 Å². The molecular formula is C12H9ClN2O4S. The lowest BCUT2D eigenvalue weighted by Crippen LogP contribution is -2.14. The van der Waals surface area contributed by atoms with Crippen molar-refractivity contribution in [2.75, 3.05) is 11.1 Å². The molecule has 0 spiro atoms. The number of anilines is 1. The number of nitrogens with zero attached hydrogens (tertiary/aromatic N) is 1. The molecule has 0 bridgehead atoms. The number of hydrogen-bond acceptors (Lipinski definition) is 5. The summed E-state index contributed by atoms with van der Waals surface area (Å²) in [4.78, 5) is 26.2. The van der Waals surface area contributed by atoms with Gasteiger partial charge >= 0.3 is 5.97 Å². The number of carboxylic acids is 1. The Bertz CT molecular complexity index is 644. The van der Waals surface area contributed by atoms with E-state index < -0.39 is 5.97 Å². The molecule has 2 N–H and O–H groups in total. The van der Waals surface area contributed by atoms with Crippen molar-refractivity contribution in [1.29, 1.82) is 0 Å². The van der Waals surface area contributed by atoms with Gasteiger partial charge in [-0.2, -0.15) is 0 Å². The highest BCUT2D eigenvalue weighted by Crippen LogP contribution is 2.22. The average molecular weight is 313 g/mol. The zero-order chi connectivity index (χ0) is 14.5. The molecule has 0 aliphatic carbocycles. The number of thioether (sulfide) groups is 1. The zero-order valence-corrected chi connectivity index (χ0v) is 11.6. The molecule has 1 amide bonds. The van der Waals surface area contributed by atoms with Crippen LogP contribution in [0.1, 0.15) is 10.6 Å². The fourth-order valence-electron chi connectivity index (χ4n) is 1.31. The van der Waals surface area contributed by atoms with Crippen molar-refractivity contribution < 1.29 is 19.1 Å². The lowest BCUT2D eigenvalue weighted by molar-refractivity contribution is -0.113. The van der Waals surface area contributed by atoms with Gasteiger partial charge in [-0.1, -0.05) is 23.4 Å². The first-order valence-corrected chi connectivity index (χ1v) is 6.79. The van der Waals surface area contributed by atoms with Crippen LogP contribution in [0.25, 0.3) is 0 Å². The van der Waals surface area contributed by atoms with E-state index in [1.807, 2.05) is 0 Å². The molecule has 0 aliphatic heterocycles. The summed E-state index contributed by atoms with van der Waals surface area (Å²) in [6, 6.07) is 6.12. The van der Waals surface area contributed by atoms with Gasteiger partial charge < -0.3 is 14.8 Å². The van der Waals surface area contributed by atoms with Gasteiger partial charge in [-0.25, -0.2) is 9.78 Å². The van der Waals surface area contributed by atoms with E-state index in [-0.39, 0.29) is 22.6 Å². The molecule has 104 valence electrons. The van der Waals surface area contributed by atoms with Crippen molar-refractivity contribution in [3.63, 3.8) is 0 Å². The summed E-state index contributed by atoms with van der Waals surface area (Å²) in [6.07, 6.45) is 1.52. The quantitative estimate of drug-likeness (QED) is 0.651. The van der Waals surface area contributed by atoms with E-state index in [2.05, 4.69) is 10.3 Å². The number of nitrogens with one attached hydrogen (secondary N) is 1. The summed E-state index contributed by atoms with van der Waals surface area (Å²) in [5, 5.41) is 11.9. The smallest absolute Gasteiger partial charge is 0.371 e. The summed E-state index contributed by atoms with van der Waals surface area (Å²) in [7, 11) is 0. The minimum Gasteiger partial charge on any atom is -0.475 e. The van der Waals surface area contributed by atoms with Gasteiger partial charge in [0.25, 0.3) is 0 Å². The molecule has 0 fully saturated rings. The molecule has 0 aromatic carbocycles. The van der Waals surface area contributed by atoms with Crippen LogP contribution in [-0.4, -0.2) is 27.7 Å². The number of carbonyl (C=O) groups is 2. The fraction of sp³-hybridized carbons (Fsp3) is 0.0833. The van der Waals surface area contributed by atoms with E-state index in [4.69, 9.17) is 21.1 Å². The Morgan fingerprint density at radius 1 is 1.40 bits per heavy atom. The molecule has 0 saturated heterocycles. The van der Waals surface area contributed by atoms with Gasteiger partial charge in [-0.05, 0) is 24.3 Å². The largest absolute Gasteiger partial charge is 0.475 e. The Kier molecular flexibility index (Phi) is 4.65. The van der Waals surface area contributed by atoms with Gasteiger partial charge in [0, 0.05) is 6.20 Å². The summed E-state index contributed by atoms with van der Waals surface area (Å²) >= 11 is 6.89. The van der Waals surface area contributed by atoms with Crippen LogP contribution in [0.15, 0.2) is 40.0 Å². The molecule has 2 aromatic heterocycles. The molecule has 2 aromatic rings. The van der Waals surface area contributed by atoms with Crippen LogP contribution in [0.4, 0.5) is 5.69 Å². The highest BCUT2D eigenvalue weighted by Gasteiger charge is 2.11. The monoisotopic (exact) mass is 312 g/mol. The van der Waals surface area contributed by atoms with Gasteiger partial charge in [-0.15, -0.1) is 0 Å². The molecule has 0 atom stereocenters. The van der Waals surface area contributed by atoms with Crippen molar-refractivity contribution in [1.82, 2.24) is 4.98 Å². The lowest BCUT2D eigenvalue weighted by atomic mass is 10.4. The summed E-state index contributed by atoms with van der Waals surface area (Å²) < 4.78 is 5.01. The molecule has 2 heterocycles. The molecule has 2 rings (SSSR count). The Hall–Kier alpha value is -1.99. The predicted molar refractivity (Wildman–Crippen MR) is 74.3 cm³/mol. The number of pyridine rings is 1. The topological polar surface area (TPSA) is 92.4 Å². The third-order valence-corrected chi connectivity index (χ3v) is 3.38. The predicted octanol–water partition coefficient (Wildman–Crippen LogP) is 2.76. The molecule has 0 saturated carbocycles. The van der Waals surface area contributed by atoms with Crippen LogP contribution in [0, 0.1) is 0 Å². The van der Waals surface area contributed by atoms with E-state index >= 15 is 0 Å². The van der Waals surface area contributed by atoms with Gasteiger partial charge in [-0.3, -0.25) is 4.79 Å². The number of halogens is 1. The Morgan fingerprint density at radius 2 is 2.20 bits per heavy atom. The number of aromatic nitrogens is 1. The van der Waals surface area contributed by atoms with Crippen LogP contribution < -0.4 is 5.32 Å².